The molecule has 1 rings (SSSR count). The highest BCUT2D eigenvalue weighted by molar-refractivity contribution is 5.72. The van der Waals surface area contributed by atoms with Gasteiger partial charge >= 0.3 is 0 Å². The number of carbonyl (C=O) groups is 1. The van der Waals surface area contributed by atoms with Crippen molar-refractivity contribution in [3.05, 3.63) is 0 Å². The van der Waals surface area contributed by atoms with Crippen molar-refractivity contribution >= 4 is 5.91 Å². The SMILES string of the molecule is CC.CN1CCC(C)(C)C1.CNC(C)=O. The molecule has 1 aliphatic rings. The predicted molar refractivity (Wildman–Crippen MR) is 67.0 cm³/mol. The second-order valence-corrected chi connectivity index (χ2v) is 4.46. The first-order chi connectivity index (χ1) is 6.87. The lowest BCUT2D eigenvalue weighted by atomic mass is 9.93. The molecule has 1 aliphatic heterocycles. The van der Waals surface area contributed by atoms with E-state index < -0.39 is 0 Å². The molecule has 0 spiro atoms. The molecule has 15 heavy (non-hydrogen) atoms. The van der Waals surface area contributed by atoms with Crippen molar-refractivity contribution in [1.29, 1.82) is 0 Å². The molecule has 1 fully saturated rings. The predicted octanol–water partition coefficient (Wildman–Crippen LogP) is 2.13. The van der Waals surface area contributed by atoms with E-state index in [9.17, 15) is 4.79 Å². The van der Waals surface area contributed by atoms with Gasteiger partial charge in [0.2, 0.25) is 5.91 Å². The van der Waals surface area contributed by atoms with Crippen LogP contribution in [0.1, 0.15) is 41.0 Å². The maximum absolute atomic E-state index is 9.70. The summed E-state index contributed by atoms with van der Waals surface area (Å²) >= 11 is 0. The summed E-state index contributed by atoms with van der Waals surface area (Å²) in [6.07, 6.45) is 1.36. The van der Waals surface area contributed by atoms with E-state index in [2.05, 4.69) is 31.1 Å². The van der Waals surface area contributed by atoms with Gasteiger partial charge in [0.05, 0.1) is 0 Å². The van der Waals surface area contributed by atoms with Gasteiger partial charge in [-0.1, -0.05) is 27.7 Å². The Morgan fingerprint density at radius 1 is 1.33 bits per heavy atom. The van der Waals surface area contributed by atoms with Gasteiger partial charge in [-0.15, -0.1) is 0 Å². The van der Waals surface area contributed by atoms with Gasteiger partial charge in [-0.05, 0) is 25.4 Å². The van der Waals surface area contributed by atoms with E-state index in [-0.39, 0.29) is 5.91 Å². The number of hydrogen-bond acceptors (Lipinski definition) is 2. The Kier molecular flexibility index (Phi) is 9.79. The lowest BCUT2D eigenvalue weighted by Gasteiger charge is -2.15. The molecular weight excluding hydrogens is 188 g/mol. The van der Waals surface area contributed by atoms with Crippen LogP contribution in [0.2, 0.25) is 0 Å². The summed E-state index contributed by atoms with van der Waals surface area (Å²) in [7, 11) is 3.79. The average Bonchev–Trinajstić information content (AvgIpc) is 2.48. The highest BCUT2D eigenvalue weighted by atomic mass is 16.1. The molecule has 92 valence electrons. The summed E-state index contributed by atoms with van der Waals surface area (Å²) in [5.41, 5.74) is 0.592. The van der Waals surface area contributed by atoms with Crippen molar-refractivity contribution in [3.8, 4) is 0 Å². The third-order valence-corrected chi connectivity index (χ3v) is 2.22. The minimum absolute atomic E-state index is 0.00463. The number of amides is 1. The smallest absolute Gasteiger partial charge is 0.216 e. The third kappa shape index (κ3) is 11.4. The molecule has 0 saturated carbocycles. The van der Waals surface area contributed by atoms with Gasteiger partial charge in [-0.25, -0.2) is 0 Å². The first kappa shape index (κ1) is 16.8. The Bertz CT molecular complexity index is 167. The largest absolute Gasteiger partial charge is 0.359 e. The van der Waals surface area contributed by atoms with Crippen LogP contribution in [0.15, 0.2) is 0 Å². The number of rotatable bonds is 0. The second-order valence-electron chi connectivity index (χ2n) is 4.46. The van der Waals surface area contributed by atoms with Crippen LogP contribution >= 0.6 is 0 Å². The van der Waals surface area contributed by atoms with E-state index in [0.717, 1.165) is 0 Å². The topological polar surface area (TPSA) is 32.3 Å². The summed E-state index contributed by atoms with van der Waals surface area (Å²) in [5, 5.41) is 2.39. The summed E-state index contributed by atoms with van der Waals surface area (Å²) < 4.78 is 0. The van der Waals surface area contributed by atoms with Crippen molar-refractivity contribution in [1.82, 2.24) is 10.2 Å². The van der Waals surface area contributed by atoms with E-state index >= 15 is 0 Å². The lowest BCUT2D eigenvalue weighted by Crippen LogP contribution is -2.18. The highest BCUT2D eigenvalue weighted by Gasteiger charge is 2.26. The zero-order chi connectivity index (χ0) is 12.5. The summed E-state index contributed by atoms with van der Waals surface area (Å²) in [4.78, 5) is 12.1. The van der Waals surface area contributed by atoms with Crippen molar-refractivity contribution in [3.63, 3.8) is 0 Å². The van der Waals surface area contributed by atoms with E-state index in [4.69, 9.17) is 0 Å². The maximum atomic E-state index is 9.70. The van der Waals surface area contributed by atoms with Crippen LogP contribution < -0.4 is 5.32 Å². The second kappa shape index (κ2) is 8.72. The van der Waals surface area contributed by atoms with Crippen LogP contribution in [0.4, 0.5) is 0 Å². The minimum Gasteiger partial charge on any atom is -0.359 e. The third-order valence-electron chi connectivity index (χ3n) is 2.22. The fourth-order valence-electron chi connectivity index (χ4n) is 1.38. The van der Waals surface area contributed by atoms with Gasteiger partial charge in [0.1, 0.15) is 0 Å². The quantitative estimate of drug-likeness (QED) is 0.673. The molecule has 0 atom stereocenters. The molecule has 0 aromatic rings. The Morgan fingerprint density at radius 2 is 1.73 bits per heavy atom. The van der Waals surface area contributed by atoms with Crippen LogP contribution in [0.3, 0.4) is 0 Å². The minimum atomic E-state index is 0.00463. The molecule has 0 unspecified atom stereocenters. The monoisotopic (exact) mass is 216 g/mol. The van der Waals surface area contributed by atoms with E-state index in [0.29, 0.717) is 5.41 Å². The van der Waals surface area contributed by atoms with Crippen LogP contribution in [-0.4, -0.2) is 38.0 Å². The van der Waals surface area contributed by atoms with Crippen molar-refractivity contribution in [2.24, 2.45) is 5.41 Å². The van der Waals surface area contributed by atoms with Gasteiger partial charge in [0.25, 0.3) is 0 Å². The zero-order valence-corrected chi connectivity index (χ0v) is 11.5. The fraction of sp³-hybridized carbons (Fsp3) is 0.917. The summed E-state index contributed by atoms with van der Waals surface area (Å²) in [6, 6.07) is 0. The normalized spacial score (nSPS) is 18.1. The molecule has 1 amide bonds. The van der Waals surface area contributed by atoms with E-state index in [1.165, 1.54) is 26.4 Å². The lowest BCUT2D eigenvalue weighted by molar-refractivity contribution is -0.118. The summed E-state index contributed by atoms with van der Waals surface area (Å²) in [6.45, 7) is 12.7. The average molecular weight is 216 g/mol. The van der Waals surface area contributed by atoms with E-state index in [1.54, 1.807) is 7.05 Å². The van der Waals surface area contributed by atoms with Crippen LogP contribution in [-0.2, 0) is 4.79 Å². The van der Waals surface area contributed by atoms with Crippen molar-refractivity contribution in [2.45, 2.75) is 41.0 Å². The maximum Gasteiger partial charge on any atom is 0.216 e. The van der Waals surface area contributed by atoms with Gasteiger partial charge in [0, 0.05) is 20.5 Å². The number of likely N-dealkylation sites (tertiary alicyclic amines) is 1. The standard InChI is InChI=1S/C7H15N.C3H7NO.C2H6/c1-7(2)4-5-8(3)6-7;1-3(5)4-2;1-2/h4-6H2,1-3H3;1-2H3,(H,4,5);1-2H3. The van der Waals surface area contributed by atoms with Crippen molar-refractivity contribution < 1.29 is 4.79 Å². The van der Waals surface area contributed by atoms with Gasteiger partial charge in [-0.2, -0.15) is 0 Å². The molecular formula is C12H28N2O. The highest BCUT2D eigenvalue weighted by Crippen LogP contribution is 2.26. The summed E-state index contributed by atoms with van der Waals surface area (Å²) in [5.74, 6) is 0.00463. The Labute approximate surface area is 95.2 Å². The molecule has 0 bridgehead atoms. The molecule has 1 N–H and O–H groups in total. The fourth-order valence-corrected chi connectivity index (χ4v) is 1.38. The molecule has 0 aromatic carbocycles. The molecule has 3 heteroatoms. The molecule has 0 aromatic heterocycles. The molecule has 1 saturated heterocycles. The number of carbonyl (C=O) groups excluding carboxylic acids is 1. The number of nitrogens with zero attached hydrogens (tertiary/aromatic N) is 1. The Balaban J connectivity index is 0. The van der Waals surface area contributed by atoms with Crippen LogP contribution in [0, 0.1) is 5.41 Å². The zero-order valence-electron chi connectivity index (χ0n) is 11.5. The molecule has 1 heterocycles. The number of nitrogens with one attached hydrogen (secondary N) is 1. The van der Waals surface area contributed by atoms with Gasteiger partial charge in [0.15, 0.2) is 0 Å². The van der Waals surface area contributed by atoms with Crippen LogP contribution in [0.5, 0.6) is 0 Å². The first-order valence-corrected chi connectivity index (χ1v) is 5.74. The van der Waals surface area contributed by atoms with E-state index in [1.807, 2.05) is 13.8 Å². The molecule has 0 aliphatic carbocycles. The van der Waals surface area contributed by atoms with Gasteiger partial charge < -0.3 is 10.2 Å². The number of hydrogen-bond donors (Lipinski definition) is 1. The first-order valence-electron chi connectivity index (χ1n) is 5.74. The van der Waals surface area contributed by atoms with Crippen molar-refractivity contribution in [2.75, 3.05) is 27.2 Å². The molecule has 3 nitrogen and oxygen atoms in total. The van der Waals surface area contributed by atoms with Crippen LogP contribution in [0.25, 0.3) is 0 Å². The van der Waals surface area contributed by atoms with Gasteiger partial charge in [-0.3, -0.25) is 4.79 Å². The molecule has 0 radical (unpaired) electrons. The Hall–Kier alpha value is -0.570. The Morgan fingerprint density at radius 3 is 1.80 bits per heavy atom.